The van der Waals surface area contributed by atoms with E-state index in [0.29, 0.717) is 17.4 Å². The molecule has 9 nitrogen and oxygen atoms in total. The Morgan fingerprint density at radius 2 is 0.722 bits per heavy atom. The lowest BCUT2D eigenvalue weighted by Gasteiger charge is -2.28. The van der Waals surface area contributed by atoms with Crippen LogP contribution in [0, 0.1) is 0 Å². The van der Waals surface area contributed by atoms with E-state index < -0.39 is 26.5 Å². The lowest BCUT2D eigenvalue weighted by Crippen LogP contribution is -2.37. The van der Waals surface area contributed by atoms with Crippen molar-refractivity contribution in [2.45, 2.75) is 296 Å². The Balaban J connectivity index is 3.99. The topological polar surface area (TPSA) is 111 Å². The van der Waals surface area contributed by atoms with Gasteiger partial charge in [-0.1, -0.05) is 272 Å². The van der Waals surface area contributed by atoms with Gasteiger partial charge < -0.3 is 27.9 Å². The molecule has 0 aliphatic rings. The van der Waals surface area contributed by atoms with E-state index in [2.05, 4.69) is 98.9 Å². The van der Waals surface area contributed by atoms with Crippen molar-refractivity contribution >= 4 is 19.8 Å². The van der Waals surface area contributed by atoms with Gasteiger partial charge in [0.15, 0.2) is 6.10 Å². The van der Waals surface area contributed by atoms with E-state index in [0.717, 1.165) is 89.9 Å². The molecule has 0 spiro atoms. The summed E-state index contributed by atoms with van der Waals surface area (Å²) >= 11 is 0. The number of ether oxygens (including phenoxy) is 2. The van der Waals surface area contributed by atoms with Gasteiger partial charge in [0.25, 0.3) is 7.82 Å². The van der Waals surface area contributed by atoms with Crippen LogP contribution in [0.1, 0.15) is 290 Å². The molecule has 0 aromatic heterocycles. The molecule has 0 amide bonds. The zero-order chi connectivity index (χ0) is 57.7. The molecule has 2 atom stereocenters. The molecule has 0 N–H and O–H groups in total. The second-order valence-electron chi connectivity index (χ2n) is 23.1. The van der Waals surface area contributed by atoms with Crippen LogP contribution in [0.5, 0.6) is 0 Å². The smallest absolute Gasteiger partial charge is 0.306 e. The molecular weight excluding hydrogens is 1000 g/mol. The highest BCUT2D eigenvalue weighted by Crippen LogP contribution is 2.38. The van der Waals surface area contributed by atoms with Crippen molar-refractivity contribution in [3.8, 4) is 0 Å². The molecule has 0 fully saturated rings. The fourth-order valence-electron chi connectivity index (χ4n) is 9.13. The minimum atomic E-state index is -4.64. The molecule has 0 radical (unpaired) electrons. The van der Waals surface area contributed by atoms with Gasteiger partial charge in [0.1, 0.15) is 19.8 Å². The summed E-state index contributed by atoms with van der Waals surface area (Å²) in [4.78, 5) is 37.9. The van der Waals surface area contributed by atoms with E-state index in [1.54, 1.807) is 0 Å². The molecule has 458 valence electrons. The summed E-state index contributed by atoms with van der Waals surface area (Å²) in [6.45, 7) is 4.13. The molecule has 0 saturated carbocycles. The average molecular weight is 1130 g/mol. The Hall–Kier alpha value is -2.81. The highest BCUT2D eigenvalue weighted by Gasteiger charge is 2.22. The molecule has 0 aromatic rings. The Morgan fingerprint density at radius 1 is 0.405 bits per heavy atom. The van der Waals surface area contributed by atoms with Gasteiger partial charge in [-0.3, -0.25) is 14.2 Å². The number of phosphoric ester groups is 1. The maximum Gasteiger partial charge on any atom is 0.306 e. The van der Waals surface area contributed by atoms with Crippen molar-refractivity contribution in [2.75, 3.05) is 47.5 Å². The third-order valence-corrected chi connectivity index (χ3v) is 15.1. The van der Waals surface area contributed by atoms with Gasteiger partial charge in [-0.2, -0.15) is 0 Å². The van der Waals surface area contributed by atoms with Crippen LogP contribution in [0.2, 0.25) is 0 Å². The van der Waals surface area contributed by atoms with Crippen LogP contribution in [-0.4, -0.2) is 70.0 Å². The fraction of sp³-hybridized carbons (Fsp3) is 0.768. The third-order valence-electron chi connectivity index (χ3n) is 14.1. The lowest BCUT2D eigenvalue weighted by molar-refractivity contribution is -0.870. The Bertz CT molecular complexity index is 1610. The van der Waals surface area contributed by atoms with E-state index >= 15 is 0 Å². The minimum absolute atomic E-state index is 0.0330. The first kappa shape index (κ1) is 76.2. The van der Waals surface area contributed by atoms with E-state index in [1.807, 2.05) is 21.1 Å². The van der Waals surface area contributed by atoms with Crippen molar-refractivity contribution < 1.29 is 42.1 Å². The zero-order valence-corrected chi connectivity index (χ0v) is 52.9. The highest BCUT2D eigenvalue weighted by atomic mass is 31.2. The van der Waals surface area contributed by atoms with Crippen LogP contribution in [0.15, 0.2) is 85.1 Å². The van der Waals surface area contributed by atoms with Crippen LogP contribution in [0.4, 0.5) is 0 Å². The summed E-state index contributed by atoms with van der Waals surface area (Å²) in [7, 11) is 1.17. The van der Waals surface area contributed by atoms with E-state index in [4.69, 9.17) is 18.5 Å². The molecule has 0 aromatic carbocycles. The highest BCUT2D eigenvalue weighted by molar-refractivity contribution is 7.45. The molecule has 0 aliphatic heterocycles. The predicted octanol–water partition coefficient (Wildman–Crippen LogP) is 20.4. The summed E-state index contributed by atoms with van der Waals surface area (Å²) in [6.07, 6.45) is 80.8. The van der Waals surface area contributed by atoms with Crippen LogP contribution in [-0.2, 0) is 32.7 Å². The number of allylic oxidation sites excluding steroid dienone is 14. The molecule has 0 aliphatic carbocycles. The normalized spacial score (nSPS) is 13.7. The van der Waals surface area contributed by atoms with Crippen molar-refractivity contribution in [2.24, 2.45) is 0 Å². The lowest BCUT2D eigenvalue weighted by atomic mass is 10.0. The monoisotopic (exact) mass is 1130 g/mol. The third kappa shape index (κ3) is 64.2. The first-order chi connectivity index (χ1) is 38.5. The van der Waals surface area contributed by atoms with E-state index in [1.165, 1.54) is 167 Å². The molecule has 79 heavy (non-hydrogen) atoms. The average Bonchev–Trinajstić information content (AvgIpc) is 3.41. The number of hydrogen-bond donors (Lipinski definition) is 0. The second-order valence-corrected chi connectivity index (χ2v) is 24.5. The summed E-state index contributed by atoms with van der Waals surface area (Å²) in [5, 5.41) is 0. The summed E-state index contributed by atoms with van der Waals surface area (Å²) < 4.78 is 34.2. The predicted molar refractivity (Wildman–Crippen MR) is 337 cm³/mol. The number of hydrogen-bond acceptors (Lipinski definition) is 8. The number of likely N-dealkylation sites (N-methyl/N-ethyl adjacent to an activating group) is 1. The van der Waals surface area contributed by atoms with Crippen molar-refractivity contribution in [1.82, 2.24) is 0 Å². The summed E-state index contributed by atoms with van der Waals surface area (Å²) in [6, 6.07) is 0. The van der Waals surface area contributed by atoms with E-state index in [9.17, 15) is 19.0 Å². The van der Waals surface area contributed by atoms with Gasteiger partial charge in [-0.25, -0.2) is 0 Å². The first-order valence-electron chi connectivity index (χ1n) is 32.8. The minimum Gasteiger partial charge on any atom is -0.756 e. The molecule has 10 heteroatoms. The molecule has 0 heterocycles. The molecule has 0 rings (SSSR count). The molecule has 2 unspecified atom stereocenters. The maximum atomic E-state index is 12.8. The summed E-state index contributed by atoms with van der Waals surface area (Å²) in [5.74, 6) is -0.833. The number of unbranched alkanes of at least 4 members (excludes halogenated alkanes) is 32. The van der Waals surface area contributed by atoms with Gasteiger partial charge in [-0.15, -0.1) is 0 Å². The first-order valence-corrected chi connectivity index (χ1v) is 34.3. The number of quaternary nitrogens is 1. The van der Waals surface area contributed by atoms with Gasteiger partial charge in [0.2, 0.25) is 0 Å². The van der Waals surface area contributed by atoms with Gasteiger partial charge in [0, 0.05) is 12.8 Å². The summed E-state index contributed by atoms with van der Waals surface area (Å²) in [5.41, 5.74) is 0. The second kappa shape index (κ2) is 59.8. The number of phosphoric acid groups is 1. The quantitative estimate of drug-likeness (QED) is 0.0195. The SMILES string of the molecule is CC/C=C\C/C=C\C/C=C\C/C=C\C/C=C\CCCCCCCCCCCCCCCCCCCCCCCC(=O)OC(COC(=O)CCCCCCCCC/C=C\C/C=C\CCCCCC)COP(=O)([O-])OCC[N+](C)(C)C. The Labute approximate surface area is 488 Å². The van der Waals surface area contributed by atoms with Crippen molar-refractivity contribution in [1.29, 1.82) is 0 Å². The van der Waals surface area contributed by atoms with Gasteiger partial charge in [-0.05, 0) is 89.9 Å². The van der Waals surface area contributed by atoms with E-state index in [-0.39, 0.29) is 32.0 Å². The number of nitrogens with zero attached hydrogens (tertiary/aromatic N) is 1. The van der Waals surface area contributed by atoms with Gasteiger partial charge in [0.05, 0.1) is 27.7 Å². The van der Waals surface area contributed by atoms with Crippen LogP contribution in [0.25, 0.3) is 0 Å². The Kier molecular flexibility index (Phi) is 57.7. The number of carbonyl (C=O) groups is 2. The van der Waals surface area contributed by atoms with Crippen LogP contribution >= 0.6 is 7.82 Å². The zero-order valence-electron chi connectivity index (χ0n) is 52.1. The van der Waals surface area contributed by atoms with Crippen molar-refractivity contribution in [3.63, 3.8) is 0 Å². The standard InChI is InChI=1S/C69H124NO8P/c1-6-8-10-12-14-16-18-20-22-24-26-27-28-29-30-31-32-33-34-35-36-37-38-39-40-41-42-43-44-46-48-50-52-54-56-58-60-62-69(72)78-67(66-77-79(73,74)76-64-63-70(3,4)5)65-75-68(71)61-59-57-55-53-51-49-47-45-25-23-21-19-17-15-13-11-9-7-2/h8,10,14,16-17,19-20,22-23,25-27,29-30,67H,6-7,9,11-13,15,18,21,24,28,31-66H2,1-5H3/b10-8-,16-14-,19-17-,22-20-,25-23-,27-26-,30-29-. The van der Waals surface area contributed by atoms with Crippen LogP contribution in [0.3, 0.4) is 0 Å². The van der Waals surface area contributed by atoms with Crippen LogP contribution < -0.4 is 4.89 Å². The molecule has 0 bridgehead atoms. The van der Waals surface area contributed by atoms with Crippen molar-refractivity contribution in [3.05, 3.63) is 85.1 Å². The number of esters is 2. The largest absolute Gasteiger partial charge is 0.756 e. The Morgan fingerprint density at radius 3 is 1.08 bits per heavy atom. The number of rotatable bonds is 60. The fourth-order valence-corrected chi connectivity index (χ4v) is 9.86. The number of carbonyl (C=O) groups excluding carboxylic acids is 2. The maximum absolute atomic E-state index is 12.8. The molecule has 0 saturated heterocycles. The van der Waals surface area contributed by atoms with Gasteiger partial charge >= 0.3 is 11.9 Å². The molecular formula is C69H124NO8P.